The van der Waals surface area contributed by atoms with Crippen LogP contribution in [-0.2, 0) is 17.4 Å². The number of carbonyl (C=O) groups excluding carboxylic acids is 1. The van der Waals surface area contributed by atoms with Crippen LogP contribution in [0.2, 0.25) is 0 Å². The van der Waals surface area contributed by atoms with Gasteiger partial charge < -0.3 is 11.1 Å². The second-order valence-electron chi connectivity index (χ2n) is 5.54. The van der Waals surface area contributed by atoms with Crippen LogP contribution in [0.3, 0.4) is 0 Å². The Bertz CT molecular complexity index is 482. The first kappa shape index (κ1) is 16.5. The molecule has 0 fully saturated rings. The molecule has 3 nitrogen and oxygen atoms in total. The lowest BCUT2D eigenvalue weighted by atomic mass is 9.93. The fraction of sp³-hybridized carbons (Fsp3) is 0.500. The third kappa shape index (κ3) is 4.85. The topological polar surface area (TPSA) is 55.1 Å². The van der Waals surface area contributed by atoms with Gasteiger partial charge in [-0.15, -0.1) is 0 Å². The summed E-state index contributed by atoms with van der Waals surface area (Å²) in [5.74, 6) is -0.332. The summed E-state index contributed by atoms with van der Waals surface area (Å²) in [7, 11) is 0. The standard InChI is InChI=1S/C14H19F3N2O/c1-9(18)12(20)19-13(2,3)8-10-5-4-6-11(7-10)14(15,16)17/h4-7,9H,8,18H2,1-3H3,(H,19,20)/t9-/m0/s1. The Balaban J connectivity index is 2.85. The Kier molecular flexibility index (Phi) is 4.81. The molecule has 0 aliphatic rings. The maximum atomic E-state index is 12.6. The van der Waals surface area contributed by atoms with Crippen molar-refractivity contribution in [3.8, 4) is 0 Å². The van der Waals surface area contributed by atoms with Gasteiger partial charge in [0, 0.05) is 5.54 Å². The third-order valence-corrected chi connectivity index (χ3v) is 2.78. The summed E-state index contributed by atoms with van der Waals surface area (Å²) in [6.45, 7) is 5.04. The number of amides is 1. The van der Waals surface area contributed by atoms with Crippen LogP contribution < -0.4 is 11.1 Å². The monoisotopic (exact) mass is 288 g/mol. The molecule has 0 radical (unpaired) electrons. The molecule has 0 aromatic heterocycles. The zero-order valence-electron chi connectivity index (χ0n) is 11.7. The fourth-order valence-electron chi connectivity index (χ4n) is 1.86. The molecule has 0 spiro atoms. The highest BCUT2D eigenvalue weighted by atomic mass is 19.4. The van der Waals surface area contributed by atoms with Gasteiger partial charge in [-0.3, -0.25) is 4.79 Å². The molecule has 0 unspecified atom stereocenters. The summed E-state index contributed by atoms with van der Waals surface area (Å²) in [6, 6.07) is 4.43. The molecule has 1 amide bonds. The van der Waals surface area contributed by atoms with E-state index in [1.54, 1.807) is 26.8 Å². The lowest BCUT2D eigenvalue weighted by Gasteiger charge is -2.27. The second-order valence-corrected chi connectivity index (χ2v) is 5.54. The van der Waals surface area contributed by atoms with Crippen LogP contribution >= 0.6 is 0 Å². The van der Waals surface area contributed by atoms with Crippen LogP contribution in [0.1, 0.15) is 31.9 Å². The van der Waals surface area contributed by atoms with Crippen molar-refractivity contribution in [1.82, 2.24) is 5.32 Å². The predicted octanol–water partition coefficient (Wildman–Crippen LogP) is 2.49. The van der Waals surface area contributed by atoms with Gasteiger partial charge in [0.25, 0.3) is 0 Å². The Morgan fingerprint density at radius 3 is 2.45 bits per heavy atom. The highest BCUT2D eigenvalue weighted by Gasteiger charge is 2.31. The van der Waals surface area contributed by atoms with E-state index in [9.17, 15) is 18.0 Å². The van der Waals surface area contributed by atoms with E-state index in [-0.39, 0.29) is 12.3 Å². The minimum absolute atomic E-state index is 0.287. The van der Waals surface area contributed by atoms with Crippen molar-refractivity contribution in [2.24, 2.45) is 5.73 Å². The number of benzene rings is 1. The minimum atomic E-state index is -4.37. The molecule has 0 aliphatic carbocycles. The number of nitrogens with two attached hydrogens (primary N) is 1. The van der Waals surface area contributed by atoms with Gasteiger partial charge in [-0.1, -0.05) is 18.2 Å². The zero-order chi connectivity index (χ0) is 15.6. The molecule has 20 heavy (non-hydrogen) atoms. The van der Waals surface area contributed by atoms with Gasteiger partial charge in [-0.25, -0.2) is 0 Å². The Hall–Kier alpha value is -1.56. The van der Waals surface area contributed by atoms with Gasteiger partial charge in [-0.2, -0.15) is 13.2 Å². The molecular weight excluding hydrogens is 269 g/mol. The molecule has 1 aromatic rings. The SMILES string of the molecule is C[C@H](N)C(=O)NC(C)(C)Cc1cccc(C(F)(F)F)c1. The molecule has 6 heteroatoms. The van der Waals surface area contributed by atoms with Crippen LogP contribution in [-0.4, -0.2) is 17.5 Å². The van der Waals surface area contributed by atoms with E-state index in [2.05, 4.69) is 5.32 Å². The van der Waals surface area contributed by atoms with Gasteiger partial charge >= 0.3 is 6.18 Å². The maximum absolute atomic E-state index is 12.6. The first-order chi connectivity index (χ1) is 9.01. The fourth-order valence-corrected chi connectivity index (χ4v) is 1.86. The molecular formula is C14H19F3N2O. The van der Waals surface area contributed by atoms with Crippen molar-refractivity contribution < 1.29 is 18.0 Å². The van der Waals surface area contributed by atoms with Crippen molar-refractivity contribution in [3.63, 3.8) is 0 Å². The number of alkyl halides is 3. The van der Waals surface area contributed by atoms with Gasteiger partial charge in [-0.05, 0) is 38.8 Å². The normalized spacial score (nSPS) is 13.9. The molecule has 0 bridgehead atoms. The van der Waals surface area contributed by atoms with Crippen molar-refractivity contribution in [2.45, 2.75) is 44.9 Å². The zero-order valence-corrected chi connectivity index (χ0v) is 11.7. The average molecular weight is 288 g/mol. The average Bonchev–Trinajstić information content (AvgIpc) is 2.26. The summed E-state index contributed by atoms with van der Waals surface area (Å²) < 4.78 is 37.9. The quantitative estimate of drug-likeness (QED) is 0.894. The summed E-state index contributed by atoms with van der Waals surface area (Å²) in [5.41, 5.74) is 4.60. The van der Waals surface area contributed by atoms with Crippen LogP contribution in [0.15, 0.2) is 24.3 Å². The van der Waals surface area contributed by atoms with Gasteiger partial charge in [0.15, 0.2) is 0 Å². The maximum Gasteiger partial charge on any atom is 0.416 e. The summed E-state index contributed by atoms with van der Waals surface area (Å²) >= 11 is 0. The van der Waals surface area contributed by atoms with Crippen LogP contribution in [0, 0.1) is 0 Å². The smallest absolute Gasteiger partial charge is 0.350 e. The number of rotatable bonds is 4. The third-order valence-electron chi connectivity index (χ3n) is 2.78. The first-order valence-corrected chi connectivity index (χ1v) is 6.25. The summed E-state index contributed by atoms with van der Waals surface area (Å²) in [4.78, 5) is 11.6. The van der Waals surface area contributed by atoms with Crippen LogP contribution in [0.4, 0.5) is 13.2 Å². The summed E-state index contributed by atoms with van der Waals surface area (Å²) in [6.07, 6.45) is -4.08. The number of halogens is 3. The molecule has 3 N–H and O–H groups in total. The van der Waals surface area contributed by atoms with Gasteiger partial charge in [0.05, 0.1) is 11.6 Å². The number of hydrogen-bond acceptors (Lipinski definition) is 2. The van der Waals surface area contributed by atoms with E-state index >= 15 is 0 Å². The molecule has 0 saturated heterocycles. The lowest BCUT2D eigenvalue weighted by molar-refractivity contribution is -0.137. The Labute approximate surface area is 116 Å². The van der Waals surface area contributed by atoms with E-state index in [0.29, 0.717) is 5.56 Å². The highest BCUT2D eigenvalue weighted by Crippen LogP contribution is 2.30. The molecule has 112 valence electrons. The van der Waals surface area contributed by atoms with Crippen molar-refractivity contribution >= 4 is 5.91 Å². The minimum Gasteiger partial charge on any atom is -0.350 e. The lowest BCUT2D eigenvalue weighted by Crippen LogP contribution is -2.50. The van der Waals surface area contributed by atoms with E-state index in [1.165, 1.54) is 6.07 Å². The molecule has 1 atom stereocenters. The van der Waals surface area contributed by atoms with Gasteiger partial charge in [0.1, 0.15) is 0 Å². The molecule has 0 aliphatic heterocycles. The van der Waals surface area contributed by atoms with Crippen LogP contribution in [0.5, 0.6) is 0 Å². The number of carbonyl (C=O) groups is 1. The van der Waals surface area contributed by atoms with Crippen molar-refractivity contribution in [2.75, 3.05) is 0 Å². The van der Waals surface area contributed by atoms with Crippen LogP contribution in [0.25, 0.3) is 0 Å². The van der Waals surface area contributed by atoms with E-state index < -0.39 is 23.3 Å². The van der Waals surface area contributed by atoms with E-state index in [0.717, 1.165) is 12.1 Å². The van der Waals surface area contributed by atoms with Gasteiger partial charge in [0.2, 0.25) is 5.91 Å². The Morgan fingerprint density at radius 1 is 1.35 bits per heavy atom. The van der Waals surface area contributed by atoms with Crippen molar-refractivity contribution in [3.05, 3.63) is 35.4 Å². The molecule has 1 rings (SSSR count). The number of hydrogen-bond donors (Lipinski definition) is 2. The highest BCUT2D eigenvalue weighted by molar-refractivity contribution is 5.81. The number of nitrogens with one attached hydrogen (secondary N) is 1. The summed E-state index contributed by atoms with van der Waals surface area (Å²) in [5, 5.41) is 2.72. The largest absolute Gasteiger partial charge is 0.416 e. The molecule has 0 saturated carbocycles. The molecule has 1 aromatic carbocycles. The second kappa shape index (κ2) is 5.83. The predicted molar refractivity (Wildman–Crippen MR) is 71.0 cm³/mol. The van der Waals surface area contributed by atoms with E-state index in [4.69, 9.17) is 5.73 Å². The molecule has 0 heterocycles. The van der Waals surface area contributed by atoms with E-state index in [1.807, 2.05) is 0 Å². The Morgan fingerprint density at radius 2 is 1.95 bits per heavy atom. The van der Waals surface area contributed by atoms with Crippen molar-refractivity contribution in [1.29, 1.82) is 0 Å². The first-order valence-electron chi connectivity index (χ1n) is 6.25.